The maximum Gasteiger partial charge on any atom is 0.586 e. The van der Waals surface area contributed by atoms with E-state index in [2.05, 4.69) is 4.90 Å². The monoisotopic (exact) mass is 189 g/mol. The highest BCUT2D eigenvalue weighted by atomic mass is 16.3. The summed E-state index contributed by atoms with van der Waals surface area (Å²) >= 11 is 0. The lowest BCUT2D eigenvalue weighted by atomic mass is 10.2. The minimum atomic E-state index is -0.0171. The van der Waals surface area contributed by atoms with E-state index in [0.717, 1.165) is 24.5 Å². The first-order valence-corrected chi connectivity index (χ1v) is 4.97. The number of anilines is 1. The van der Waals surface area contributed by atoms with Crippen molar-refractivity contribution in [3.63, 3.8) is 0 Å². The Morgan fingerprint density at radius 3 is 2.64 bits per heavy atom. The lowest BCUT2D eigenvalue weighted by Gasteiger charge is -2.16. The summed E-state index contributed by atoms with van der Waals surface area (Å²) in [5, 5.41) is 8.96. The fourth-order valence-corrected chi connectivity index (χ4v) is 1.83. The fraction of sp³-hybridized carbons (Fsp3) is 0.500. The van der Waals surface area contributed by atoms with E-state index in [1.807, 2.05) is 18.3 Å². The molecule has 0 aromatic carbocycles. The van der Waals surface area contributed by atoms with E-state index >= 15 is 0 Å². The van der Waals surface area contributed by atoms with E-state index in [0.29, 0.717) is 0 Å². The Balaban J connectivity index is 2.23. The molecule has 1 aromatic rings. The van der Waals surface area contributed by atoms with Gasteiger partial charge in [-0.3, -0.25) is 4.48 Å². The Hall–Kier alpha value is -1.03. The summed E-state index contributed by atoms with van der Waals surface area (Å²) in [5.74, 6) is 0. The third-order valence-electron chi connectivity index (χ3n) is 2.68. The van der Waals surface area contributed by atoms with Gasteiger partial charge in [0.25, 0.3) is 0 Å². The van der Waals surface area contributed by atoms with Crippen molar-refractivity contribution in [2.24, 2.45) is 0 Å². The zero-order valence-electron chi connectivity index (χ0n) is 8.19. The summed E-state index contributed by atoms with van der Waals surface area (Å²) in [4.78, 5) is 2.31. The Morgan fingerprint density at radius 2 is 2.07 bits per heavy atom. The number of pyridine rings is 1. The molecule has 2 radical (unpaired) electrons. The lowest BCUT2D eigenvalue weighted by Crippen LogP contribution is -2.37. The maximum atomic E-state index is 8.96. The average Bonchev–Trinajstić information content (AvgIpc) is 2.70. The van der Waals surface area contributed by atoms with Crippen molar-refractivity contribution in [2.75, 3.05) is 18.0 Å². The molecular formula is C10H14BN2O+. The van der Waals surface area contributed by atoms with Crippen LogP contribution in [0.25, 0.3) is 0 Å². The van der Waals surface area contributed by atoms with E-state index < -0.39 is 0 Å². The van der Waals surface area contributed by atoms with Gasteiger partial charge in [0.15, 0.2) is 11.9 Å². The van der Waals surface area contributed by atoms with Gasteiger partial charge in [-0.1, -0.05) is 0 Å². The first kappa shape index (κ1) is 9.53. The molecule has 2 heterocycles. The summed E-state index contributed by atoms with van der Waals surface area (Å²) in [6, 6.07) is 3.88. The van der Waals surface area contributed by atoms with Gasteiger partial charge in [0.1, 0.15) is 6.61 Å². The first-order chi connectivity index (χ1) is 6.81. The quantitative estimate of drug-likeness (QED) is 0.663. The van der Waals surface area contributed by atoms with Crippen LogP contribution in [0, 0.1) is 0 Å². The average molecular weight is 189 g/mol. The third kappa shape index (κ3) is 1.75. The highest BCUT2D eigenvalue weighted by Crippen LogP contribution is 2.18. The van der Waals surface area contributed by atoms with Gasteiger partial charge in [-0.2, -0.15) is 0 Å². The van der Waals surface area contributed by atoms with Crippen molar-refractivity contribution in [2.45, 2.75) is 19.4 Å². The second-order valence-electron chi connectivity index (χ2n) is 3.64. The predicted octanol–water partition coefficient (Wildman–Crippen LogP) is -0.00180. The smallest absolute Gasteiger partial charge is 0.385 e. The SMILES string of the molecule is [B][n+]1cc(N2CCCC2)ccc1CO. The molecule has 4 heteroatoms. The van der Waals surface area contributed by atoms with Crippen molar-refractivity contribution in [1.29, 1.82) is 0 Å². The molecule has 1 fully saturated rings. The lowest BCUT2D eigenvalue weighted by molar-refractivity contribution is -0.533. The molecule has 1 N–H and O–H groups in total. The highest BCUT2D eigenvalue weighted by Gasteiger charge is 2.15. The topological polar surface area (TPSA) is 27.4 Å². The van der Waals surface area contributed by atoms with Crippen LogP contribution in [0.3, 0.4) is 0 Å². The number of aromatic nitrogens is 1. The van der Waals surface area contributed by atoms with Gasteiger partial charge in [-0.05, 0) is 18.9 Å². The van der Waals surface area contributed by atoms with Crippen LogP contribution in [0.5, 0.6) is 0 Å². The van der Waals surface area contributed by atoms with Gasteiger partial charge in [0.05, 0.1) is 5.69 Å². The zero-order valence-corrected chi connectivity index (χ0v) is 8.19. The molecule has 0 saturated carbocycles. The van der Waals surface area contributed by atoms with Crippen molar-refractivity contribution >= 4 is 13.7 Å². The molecule has 3 nitrogen and oxygen atoms in total. The van der Waals surface area contributed by atoms with Gasteiger partial charge < -0.3 is 10.0 Å². The number of nitrogens with zero attached hydrogens (tertiary/aromatic N) is 2. The summed E-state index contributed by atoms with van der Waals surface area (Å²) in [6.07, 6.45) is 4.38. The van der Waals surface area contributed by atoms with Gasteiger partial charge in [0.2, 0.25) is 0 Å². The van der Waals surface area contributed by atoms with Gasteiger partial charge in [-0.15, -0.1) is 0 Å². The second-order valence-corrected chi connectivity index (χ2v) is 3.64. The highest BCUT2D eigenvalue weighted by molar-refractivity contribution is 5.95. The number of rotatable bonds is 2. The van der Waals surface area contributed by atoms with Crippen LogP contribution in [0.2, 0.25) is 0 Å². The number of hydrogen-bond donors (Lipinski definition) is 1. The Labute approximate surface area is 85.4 Å². The molecule has 1 aromatic heterocycles. The Bertz CT molecular complexity index is 324. The van der Waals surface area contributed by atoms with Crippen LogP contribution in [-0.4, -0.2) is 26.2 Å². The predicted molar refractivity (Wildman–Crippen MR) is 55.2 cm³/mol. The number of hydrogen-bond acceptors (Lipinski definition) is 2. The molecule has 0 unspecified atom stereocenters. The molecule has 0 aliphatic carbocycles. The van der Waals surface area contributed by atoms with Crippen molar-refractivity contribution in [3.8, 4) is 0 Å². The molecular weight excluding hydrogens is 175 g/mol. The standard InChI is InChI=1S/C10H14BN2O/c11-13-7-9(3-4-10(13)8-14)12-5-1-2-6-12/h3-4,7,14H,1-2,5-6,8H2/q+1. The molecule has 0 spiro atoms. The van der Waals surface area contributed by atoms with E-state index in [-0.39, 0.29) is 6.61 Å². The van der Waals surface area contributed by atoms with Crippen molar-refractivity contribution in [3.05, 3.63) is 24.0 Å². The fourth-order valence-electron chi connectivity index (χ4n) is 1.83. The van der Waals surface area contributed by atoms with E-state index in [4.69, 9.17) is 13.1 Å². The summed E-state index contributed by atoms with van der Waals surface area (Å²) in [5.41, 5.74) is 1.87. The molecule has 72 valence electrons. The van der Waals surface area contributed by atoms with Crippen LogP contribution < -0.4 is 9.38 Å². The number of aliphatic hydroxyl groups excluding tert-OH is 1. The first-order valence-electron chi connectivity index (χ1n) is 4.97. The number of aliphatic hydroxyl groups is 1. The molecule has 1 aliphatic heterocycles. The third-order valence-corrected chi connectivity index (χ3v) is 2.68. The molecule has 2 rings (SSSR count). The second kappa shape index (κ2) is 4.01. The van der Waals surface area contributed by atoms with Gasteiger partial charge in [-0.25, -0.2) is 0 Å². The zero-order chi connectivity index (χ0) is 9.97. The van der Waals surface area contributed by atoms with Crippen LogP contribution in [-0.2, 0) is 6.61 Å². The van der Waals surface area contributed by atoms with Crippen molar-refractivity contribution in [1.82, 2.24) is 0 Å². The minimum absolute atomic E-state index is 0.0171. The van der Waals surface area contributed by atoms with E-state index in [1.54, 1.807) is 0 Å². The van der Waals surface area contributed by atoms with Crippen LogP contribution in [0.4, 0.5) is 5.69 Å². The normalized spacial score (nSPS) is 16.2. The van der Waals surface area contributed by atoms with E-state index in [1.165, 1.54) is 17.3 Å². The van der Waals surface area contributed by atoms with Gasteiger partial charge in [0, 0.05) is 19.2 Å². The van der Waals surface area contributed by atoms with Gasteiger partial charge >= 0.3 is 7.98 Å². The molecule has 0 amide bonds. The molecule has 0 bridgehead atoms. The van der Waals surface area contributed by atoms with Crippen molar-refractivity contribution < 1.29 is 9.58 Å². The van der Waals surface area contributed by atoms with Crippen LogP contribution >= 0.6 is 0 Å². The maximum absolute atomic E-state index is 8.96. The van der Waals surface area contributed by atoms with E-state index in [9.17, 15) is 0 Å². The minimum Gasteiger partial charge on any atom is -0.385 e. The summed E-state index contributed by atoms with van der Waals surface area (Å²) < 4.78 is 1.49. The largest absolute Gasteiger partial charge is 0.586 e. The Morgan fingerprint density at radius 1 is 1.36 bits per heavy atom. The summed E-state index contributed by atoms with van der Waals surface area (Å²) in [6.45, 7) is 2.20. The summed E-state index contributed by atoms with van der Waals surface area (Å²) in [7, 11) is 5.73. The molecule has 0 atom stereocenters. The van der Waals surface area contributed by atoms with Crippen LogP contribution in [0.15, 0.2) is 18.3 Å². The Kier molecular flexibility index (Phi) is 2.73. The molecule has 1 aliphatic rings. The molecule has 14 heavy (non-hydrogen) atoms. The van der Waals surface area contributed by atoms with Crippen LogP contribution in [0.1, 0.15) is 18.5 Å². The molecule has 1 saturated heterocycles.